The number of hydrogen-bond donors (Lipinski definition) is 2. The molecule has 1 fully saturated rings. The predicted octanol–water partition coefficient (Wildman–Crippen LogP) is 1.40. The molecule has 2 rings (SSSR count). The Hall–Kier alpha value is -1.91. The molecule has 0 aromatic heterocycles. The van der Waals surface area contributed by atoms with E-state index in [-0.39, 0.29) is 23.5 Å². The van der Waals surface area contributed by atoms with Gasteiger partial charge in [0.05, 0.1) is 0 Å². The lowest BCUT2D eigenvalue weighted by atomic mass is 9.97. The molecule has 1 aliphatic heterocycles. The monoisotopic (exact) mass is 278 g/mol. The number of nitrogens with one attached hydrogen (secondary N) is 2. The molecule has 0 aliphatic carbocycles. The summed E-state index contributed by atoms with van der Waals surface area (Å²) in [6.45, 7) is 2.56. The first-order valence-corrected chi connectivity index (χ1v) is 6.86. The van der Waals surface area contributed by atoms with E-state index in [1.165, 1.54) is 12.1 Å². The van der Waals surface area contributed by atoms with Crippen LogP contribution in [0.25, 0.3) is 0 Å². The molecule has 4 nitrogen and oxygen atoms in total. The highest BCUT2D eigenvalue weighted by atomic mass is 19.1. The Morgan fingerprint density at radius 2 is 2.35 bits per heavy atom. The number of carbonyl (C=O) groups is 2. The standard InChI is InChI=1S/C15H19FN2O2/c1-10(7-11-3-2-4-12(16)9-11)8-14(19)18-13-5-6-17-15(13)20/h2-4,9-10,13H,5-8H2,1H3,(H,17,20)(H,18,19). The lowest BCUT2D eigenvalue weighted by molar-refractivity contribution is -0.127. The van der Waals surface area contributed by atoms with E-state index in [1.54, 1.807) is 6.07 Å². The molecule has 1 saturated heterocycles. The Morgan fingerprint density at radius 3 is 3.00 bits per heavy atom. The van der Waals surface area contributed by atoms with Gasteiger partial charge in [0, 0.05) is 13.0 Å². The Balaban J connectivity index is 1.80. The summed E-state index contributed by atoms with van der Waals surface area (Å²) in [6, 6.07) is 6.00. The summed E-state index contributed by atoms with van der Waals surface area (Å²) in [6.07, 6.45) is 1.62. The van der Waals surface area contributed by atoms with Gasteiger partial charge in [0.2, 0.25) is 11.8 Å². The third-order valence-electron chi connectivity index (χ3n) is 3.39. The van der Waals surface area contributed by atoms with Crippen LogP contribution in [0.15, 0.2) is 24.3 Å². The Labute approximate surface area is 117 Å². The van der Waals surface area contributed by atoms with Gasteiger partial charge in [-0.25, -0.2) is 4.39 Å². The van der Waals surface area contributed by atoms with Crippen LogP contribution in [0.1, 0.15) is 25.3 Å². The maximum Gasteiger partial charge on any atom is 0.242 e. The summed E-state index contributed by atoms with van der Waals surface area (Å²) in [5, 5.41) is 5.41. The Bertz CT molecular complexity index is 504. The fourth-order valence-corrected chi connectivity index (χ4v) is 2.44. The number of hydrogen-bond acceptors (Lipinski definition) is 2. The lowest BCUT2D eigenvalue weighted by Gasteiger charge is -2.14. The normalized spacial score (nSPS) is 19.5. The van der Waals surface area contributed by atoms with E-state index in [2.05, 4.69) is 10.6 Å². The van der Waals surface area contributed by atoms with Crippen molar-refractivity contribution in [3.63, 3.8) is 0 Å². The second-order valence-electron chi connectivity index (χ2n) is 5.34. The van der Waals surface area contributed by atoms with Crippen molar-refractivity contribution in [1.29, 1.82) is 0 Å². The van der Waals surface area contributed by atoms with Crippen molar-refractivity contribution in [3.05, 3.63) is 35.6 Å². The highest BCUT2D eigenvalue weighted by Crippen LogP contribution is 2.13. The molecule has 0 spiro atoms. The van der Waals surface area contributed by atoms with Crippen LogP contribution in [0.5, 0.6) is 0 Å². The van der Waals surface area contributed by atoms with Crippen LogP contribution in [-0.2, 0) is 16.0 Å². The molecule has 1 aliphatic rings. The van der Waals surface area contributed by atoms with Crippen LogP contribution in [0.3, 0.4) is 0 Å². The van der Waals surface area contributed by atoms with Crippen LogP contribution in [0.4, 0.5) is 4.39 Å². The van der Waals surface area contributed by atoms with Crippen molar-refractivity contribution >= 4 is 11.8 Å². The Kier molecular flexibility index (Phi) is 4.71. The zero-order chi connectivity index (χ0) is 14.5. The minimum atomic E-state index is -0.399. The van der Waals surface area contributed by atoms with Gasteiger partial charge in [-0.2, -0.15) is 0 Å². The molecule has 2 amide bonds. The fraction of sp³-hybridized carbons (Fsp3) is 0.467. The average molecular weight is 278 g/mol. The van der Waals surface area contributed by atoms with Crippen LogP contribution in [0, 0.1) is 11.7 Å². The molecule has 2 atom stereocenters. The summed E-state index contributed by atoms with van der Waals surface area (Å²) in [5.74, 6) is -0.407. The summed E-state index contributed by atoms with van der Waals surface area (Å²) in [4.78, 5) is 23.2. The molecule has 0 radical (unpaired) electrons. The van der Waals surface area contributed by atoms with Gasteiger partial charge in [0.15, 0.2) is 0 Å². The average Bonchev–Trinajstić information content (AvgIpc) is 2.74. The molecule has 2 N–H and O–H groups in total. The van der Waals surface area contributed by atoms with Gasteiger partial charge in [-0.1, -0.05) is 19.1 Å². The van der Waals surface area contributed by atoms with Crippen molar-refractivity contribution in [3.8, 4) is 0 Å². The molecule has 20 heavy (non-hydrogen) atoms. The predicted molar refractivity (Wildman–Crippen MR) is 73.4 cm³/mol. The maximum atomic E-state index is 13.1. The number of carbonyl (C=O) groups excluding carboxylic acids is 2. The van der Waals surface area contributed by atoms with E-state index in [1.807, 2.05) is 13.0 Å². The van der Waals surface area contributed by atoms with Crippen LogP contribution < -0.4 is 10.6 Å². The highest BCUT2D eigenvalue weighted by molar-refractivity contribution is 5.89. The third kappa shape index (κ3) is 4.05. The fourth-order valence-electron chi connectivity index (χ4n) is 2.44. The second kappa shape index (κ2) is 6.50. The van der Waals surface area contributed by atoms with Crippen molar-refractivity contribution in [2.24, 2.45) is 5.92 Å². The van der Waals surface area contributed by atoms with Gasteiger partial charge >= 0.3 is 0 Å². The molecule has 108 valence electrons. The van der Waals surface area contributed by atoms with Crippen molar-refractivity contribution in [2.75, 3.05) is 6.54 Å². The van der Waals surface area contributed by atoms with Gasteiger partial charge in [0.1, 0.15) is 11.9 Å². The van der Waals surface area contributed by atoms with Crippen LogP contribution in [0.2, 0.25) is 0 Å². The van der Waals surface area contributed by atoms with E-state index >= 15 is 0 Å². The number of benzene rings is 1. The molecule has 1 aromatic rings. The van der Waals surface area contributed by atoms with E-state index < -0.39 is 6.04 Å². The second-order valence-corrected chi connectivity index (χ2v) is 5.34. The van der Waals surface area contributed by atoms with E-state index in [4.69, 9.17) is 0 Å². The topological polar surface area (TPSA) is 58.2 Å². The quantitative estimate of drug-likeness (QED) is 0.855. The number of rotatable bonds is 5. The molecule has 5 heteroatoms. The van der Waals surface area contributed by atoms with Crippen molar-refractivity contribution in [1.82, 2.24) is 10.6 Å². The van der Waals surface area contributed by atoms with E-state index in [9.17, 15) is 14.0 Å². The van der Waals surface area contributed by atoms with Gasteiger partial charge in [-0.3, -0.25) is 9.59 Å². The molecule has 0 bridgehead atoms. The molecule has 2 unspecified atom stereocenters. The van der Waals surface area contributed by atoms with Crippen LogP contribution >= 0.6 is 0 Å². The summed E-state index contributed by atoms with van der Waals surface area (Å²) in [5.41, 5.74) is 0.879. The molecule has 0 saturated carbocycles. The van der Waals surface area contributed by atoms with Gasteiger partial charge in [-0.15, -0.1) is 0 Å². The SMILES string of the molecule is CC(CC(=O)NC1CCNC1=O)Cc1cccc(F)c1. The smallest absolute Gasteiger partial charge is 0.242 e. The molecule has 1 heterocycles. The summed E-state index contributed by atoms with van der Waals surface area (Å²) in [7, 11) is 0. The van der Waals surface area contributed by atoms with Gasteiger partial charge < -0.3 is 10.6 Å². The first-order chi connectivity index (χ1) is 9.54. The van der Waals surface area contributed by atoms with E-state index in [0.717, 1.165) is 5.56 Å². The van der Waals surface area contributed by atoms with Gasteiger partial charge in [-0.05, 0) is 36.5 Å². The number of amides is 2. The number of halogens is 1. The summed E-state index contributed by atoms with van der Waals surface area (Å²) < 4.78 is 13.1. The zero-order valence-corrected chi connectivity index (χ0v) is 11.5. The maximum absolute atomic E-state index is 13.1. The van der Waals surface area contributed by atoms with Crippen molar-refractivity contribution < 1.29 is 14.0 Å². The zero-order valence-electron chi connectivity index (χ0n) is 11.5. The summed E-state index contributed by atoms with van der Waals surface area (Å²) >= 11 is 0. The Morgan fingerprint density at radius 1 is 1.55 bits per heavy atom. The molecular formula is C15H19FN2O2. The van der Waals surface area contributed by atoms with Gasteiger partial charge in [0.25, 0.3) is 0 Å². The largest absolute Gasteiger partial charge is 0.354 e. The minimum absolute atomic E-state index is 0.0984. The molecule has 1 aromatic carbocycles. The first kappa shape index (κ1) is 14.5. The first-order valence-electron chi connectivity index (χ1n) is 6.86. The van der Waals surface area contributed by atoms with Crippen molar-refractivity contribution in [2.45, 2.75) is 32.2 Å². The van der Waals surface area contributed by atoms with E-state index in [0.29, 0.717) is 25.8 Å². The highest BCUT2D eigenvalue weighted by Gasteiger charge is 2.25. The van der Waals surface area contributed by atoms with Crippen LogP contribution in [-0.4, -0.2) is 24.4 Å². The third-order valence-corrected chi connectivity index (χ3v) is 3.39. The lowest BCUT2D eigenvalue weighted by Crippen LogP contribution is -2.40. The molecular weight excluding hydrogens is 259 g/mol. The minimum Gasteiger partial charge on any atom is -0.354 e.